The SMILES string of the molecule is CN(Cc1cccnc1)C(=O)NC1CCCCC1. The maximum Gasteiger partial charge on any atom is 0.317 e. The van der Waals surface area contributed by atoms with E-state index in [4.69, 9.17) is 0 Å². The van der Waals surface area contributed by atoms with Gasteiger partial charge in [0.2, 0.25) is 0 Å². The van der Waals surface area contributed by atoms with Gasteiger partial charge in [-0.15, -0.1) is 0 Å². The molecule has 0 atom stereocenters. The van der Waals surface area contributed by atoms with E-state index in [1.54, 1.807) is 17.3 Å². The van der Waals surface area contributed by atoms with Gasteiger partial charge in [-0.2, -0.15) is 0 Å². The van der Waals surface area contributed by atoms with Crippen LogP contribution in [-0.2, 0) is 6.54 Å². The minimum absolute atomic E-state index is 0.0192. The molecule has 1 N–H and O–H groups in total. The summed E-state index contributed by atoms with van der Waals surface area (Å²) in [5, 5.41) is 3.11. The van der Waals surface area contributed by atoms with E-state index in [9.17, 15) is 4.79 Å². The zero-order valence-corrected chi connectivity index (χ0v) is 10.9. The number of rotatable bonds is 3. The van der Waals surface area contributed by atoms with Gasteiger partial charge in [-0.05, 0) is 24.5 Å². The molecule has 1 heterocycles. The third-order valence-corrected chi connectivity index (χ3v) is 3.42. The molecular formula is C14H21N3O. The third-order valence-electron chi connectivity index (χ3n) is 3.42. The molecule has 4 nitrogen and oxygen atoms in total. The van der Waals surface area contributed by atoms with Crippen molar-refractivity contribution in [1.29, 1.82) is 0 Å². The van der Waals surface area contributed by atoms with Crippen LogP contribution in [0.1, 0.15) is 37.7 Å². The van der Waals surface area contributed by atoms with Crippen molar-refractivity contribution in [2.24, 2.45) is 0 Å². The maximum atomic E-state index is 12.0. The summed E-state index contributed by atoms with van der Waals surface area (Å²) >= 11 is 0. The Balaban J connectivity index is 1.81. The predicted molar refractivity (Wildman–Crippen MR) is 71.1 cm³/mol. The second kappa shape index (κ2) is 6.38. The van der Waals surface area contributed by atoms with Crippen molar-refractivity contribution in [2.45, 2.75) is 44.7 Å². The fourth-order valence-electron chi connectivity index (χ4n) is 2.37. The summed E-state index contributed by atoms with van der Waals surface area (Å²) < 4.78 is 0. The molecule has 2 amide bonds. The van der Waals surface area contributed by atoms with Gasteiger partial charge >= 0.3 is 6.03 Å². The summed E-state index contributed by atoms with van der Waals surface area (Å²) in [6, 6.07) is 4.26. The zero-order chi connectivity index (χ0) is 12.8. The third kappa shape index (κ3) is 3.72. The second-order valence-electron chi connectivity index (χ2n) is 5.00. The molecule has 1 aliphatic carbocycles. The van der Waals surface area contributed by atoms with E-state index < -0.39 is 0 Å². The van der Waals surface area contributed by atoms with E-state index >= 15 is 0 Å². The van der Waals surface area contributed by atoms with E-state index in [1.165, 1.54) is 19.3 Å². The van der Waals surface area contributed by atoms with E-state index in [0.29, 0.717) is 12.6 Å². The highest BCUT2D eigenvalue weighted by Crippen LogP contribution is 2.17. The minimum Gasteiger partial charge on any atom is -0.335 e. The Bertz CT molecular complexity index is 374. The quantitative estimate of drug-likeness (QED) is 0.892. The normalized spacial score (nSPS) is 16.3. The van der Waals surface area contributed by atoms with Gasteiger partial charge in [-0.1, -0.05) is 25.3 Å². The lowest BCUT2D eigenvalue weighted by Crippen LogP contribution is -2.43. The lowest BCUT2D eigenvalue weighted by molar-refractivity contribution is 0.198. The highest BCUT2D eigenvalue weighted by molar-refractivity contribution is 5.74. The first kappa shape index (κ1) is 12.9. The smallest absolute Gasteiger partial charge is 0.317 e. The average Bonchev–Trinajstić information content (AvgIpc) is 2.41. The molecule has 1 saturated carbocycles. The molecule has 0 spiro atoms. The number of hydrogen-bond acceptors (Lipinski definition) is 2. The van der Waals surface area contributed by atoms with Crippen LogP contribution in [-0.4, -0.2) is 29.0 Å². The number of nitrogens with zero attached hydrogens (tertiary/aromatic N) is 2. The van der Waals surface area contributed by atoms with Gasteiger partial charge in [0.25, 0.3) is 0 Å². The number of amides is 2. The predicted octanol–water partition coefficient (Wildman–Crippen LogP) is 2.56. The molecule has 0 bridgehead atoms. The Morgan fingerprint density at radius 3 is 2.89 bits per heavy atom. The van der Waals surface area contributed by atoms with Crippen molar-refractivity contribution in [2.75, 3.05) is 7.05 Å². The maximum absolute atomic E-state index is 12.0. The molecule has 18 heavy (non-hydrogen) atoms. The van der Waals surface area contributed by atoms with Crippen LogP contribution in [0.15, 0.2) is 24.5 Å². The Morgan fingerprint density at radius 2 is 2.22 bits per heavy atom. The Labute approximate surface area is 108 Å². The molecule has 1 fully saturated rings. The fourth-order valence-corrected chi connectivity index (χ4v) is 2.37. The number of nitrogens with one attached hydrogen (secondary N) is 1. The summed E-state index contributed by atoms with van der Waals surface area (Å²) in [7, 11) is 1.82. The largest absolute Gasteiger partial charge is 0.335 e. The van der Waals surface area contributed by atoms with Crippen LogP contribution in [0.5, 0.6) is 0 Å². The van der Waals surface area contributed by atoms with Gasteiger partial charge in [0.15, 0.2) is 0 Å². The molecule has 1 aliphatic rings. The van der Waals surface area contributed by atoms with E-state index in [-0.39, 0.29) is 6.03 Å². The standard InChI is InChI=1S/C14H21N3O/c1-17(11-12-6-5-9-15-10-12)14(18)16-13-7-3-2-4-8-13/h5-6,9-10,13H,2-4,7-8,11H2,1H3,(H,16,18). The van der Waals surface area contributed by atoms with Crippen molar-refractivity contribution in [3.63, 3.8) is 0 Å². The number of hydrogen-bond donors (Lipinski definition) is 1. The summed E-state index contributed by atoms with van der Waals surface area (Å²) in [5.74, 6) is 0. The summed E-state index contributed by atoms with van der Waals surface area (Å²) in [5.41, 5.74) is 1.05. The van der Waals surface area contributed by atoms with Crippen LogP contribution >= 0.6 is 0 Å². The average molecular weight is 247 g/mol. The van der Waals surface area contributed by atoms with Gasteiger partial charge in [0.05, 0.1) is 0 Å². The molecule has 0 saturated heterocycles. The highest BCUT2D eigenvalue weighted by Gasteiger charge is 2.17. The number of carbonyl (C=O) groups is 1. The van der Waals surface area contributed by atoms with E-state index in [1.807, 2.05) is 19.2 Å². The highest BCUT2D eigenvalue weighted by atomic mass is 16.2. The lowest BCUT2D eigenvalue weighted by atomic mass is 9.96. The van der Waals surface area contributed by atoms with Crippen molar-refractivity contribution >= 4 is 6.03 Å². The first-order valence-electron chi connectivity index (χ1n) is 6.66. The summed E-state index contributed by atoms with van der Waals surface area (Å²) in [6.45, 7) is 0.604. The van der Waals surface area contributed by atoms with E-state index in [0.717, 1.165) is 18.4 Å². The summed E-state index contributed by atoms with van der Waals surface area (Å²) in [6.07, 6.45) is 9.54. The molecular weight excluding hydrogens is 226 g/mol. The molecule has 98 valence electrons. The molecule has 0 aromatic carbocycles. The molecule has 0 aliphatic heterocycles. The minimum atomic E-state index is 0.0192. The molecule has 4 heteroatoms. The number of pyridine rings is 1. The van der Waals surface area contributed by atoms with Gasteiger partial charge in [0, 0.05) is 32.0 Å². The van der Waals surface area contributed by atoms with Crippen LogP contribution in [0.2, 0.25) is 0 Å². The molecule has 1 aromatic heterocycles. The Kier molecular flexibility index (Phi) is 4.56. The van der Waals surface area contributed by atoms with Crippen molar-refractivity contribution in [1.82, 2.24) is 15.2 Å². The molecule has 0 unspecified atom stereocenters. The molecule has 1 aromatic rings. The number of urea groups is 1. The van der Waals surface area contributed by atoms with Crippen LogP contribution in [0.4, 0.5) is 4.79 Å². The number of carbonyl (C=O) groups excluding carboxylic acids is 1. The van der Waals surface area contributed by atoms with E-state index in [2.05, 4.69) is 10.3 Å². The monoisotopic (exact) mass is 247 g/mol. The van der Waals surface area contributed by atoms with Gasteiger partial charge in [-0.3, -0.25) is 4.98 Å². The number of aromatic nitrogens is 1. The molecule has 0 radical (unpaired) electrons. The topological polar surface area (TPSA) is 45.2 Å². The van der Waals surface area contributed by atoms with Crippen molar-refractivity contribution in [3.8, 4) is 0 Å². The lowest BCUT2D eigenvalue weighted by Gasteiger charge is -2.26. The Morgan fingerprint density at radius 1 is 1.44 bits per heavy atom. The summed E-state index contributed by atoms with van der Waals surface area (Å²) in [4.78, 5) is 17.8. The first-order valence-corrected chi connectivity index (χ1v) is 6.66. The molecule has 2 rings (SSSR count). The van der Waals surface area contributed by atoms with Crippen LogP contribution in [0.25, 0.3) is 0 Å². The van der Waals surface area contributed by atoms with Gasteiger partial charge in [0.1, 0.15) is 0 Å². The van der Waals surface area contributed by atoms with Crippen LogP contribution in [0.3, 0.4) is 0 Å². The van der Waals surface area contributed by atoms with Crippen molar-refractivity contribution in [3.05, 3.63) is 30.1 Å². The second-order valence-corrected chi connectivity index (χ2v) is 5.00. The Hall–Kier alpha value is -1.58. The van der Waals surface area contributed by atoms with Crippen LogP contribution in [0, 0.1) is 0 Å². The van der Waals surface area contributed by atoms with Gasteiger partial charge in [-0.25, -0.2) is 4.79 Å². The first-order chi connectivity index (χ1) is 8.75. The van der Waals surface area contributed by atoms with Crippen molar-refractivity contribution < 1.29 is 4.79 Å². The van der Waals surface area contributed by atoms with Crippen LogP contribution < -0.4 is 5.32 Å². The van der Waals surface area contributed by atoms with Gasteiger partial charge < -0.3 is 10.2 Å². The zero-order valence-electron chi connectivity index (χ0n) is 10.9. The fraction of sp³-hybridized carbons (Fsp3) is 0.571.